The number of ether oxygens (including phenoxy) is 1. The summed E-state index contributed by atoms with van der Waals surface area (Å²) in [6.45, 7) is 2.94. The Balaban J connectivity index is 2.12. The molecule has 0 spiro atoms. The Morgan fingerprint density at radius 2 is 2.20 bits per heavy atom. The van der Waals surface area contributed by atoms with Crippen molar-refractivity contribution in [2.75, 3.05) is 33.4 Å². The van der Waals surface area contributed by atoms with Crippen molar-refractivity contribution < 1.29 is 13.5 Å². The fraction of sp³-hybridized carbons (Fsp3) is 0.600. The lowest BCUT2D eigenvalue weighted by Crippen LogP contribution is -2.42. The highest BCUT2D eigenvalue weighted by Gasteiger charge is 2.26. The molecule has 1 fully saturated rings. The van der Waals surface area contributed by atoms with Gasteiger partial charge in [0.05, 0.1) is 6.61 Å². The molecule has 0 saturated carbocycles. The number of nitrogens with two attached hydrogens (primary N) is 1. The average molecular weight is 284 g/mol. The number of benzene rings is 1. The number of piperidine rings is 1. The maximum Gasteiger partial charge on any atom is 0.159 e. The SMILES string of the molecule is COCC1CCCN(C(CN)c2ccc(F)c(F)c2)C1. The van der Waals surface area contributed by atoms with E-state index in [2.05, 4.69) is 4.90 Å². The van der Waals surface area contributed by atoms with Gasteiger partial charge in [-0.2, -0.15) is 0 Å². The molecule has 1 aliphatic rings. The van der Waals surface area contributed by atoms with E-state index in [9.17, 15) is 8.78 Å². The van der Waals surface area contributed by atoms with Crippen LogP contribution in [0.4, 0.5) is 8.78 Å². The van der Waals surface area contributed by atoms with Gasteiger partial charge in [-0.3, -0.25) is 4.90 Å². The van der Waals surface area contributed by atoms with Crippen LogP contribution in [0.5, 0.6) is 0 Å². The van der Waals surface area contributed by atoms with Gasteiger partial charge in [0.15, 0.2) is 11.6 Å². The highest BCUT2D eigenvalue weighted by molar-refractivity contribution is 5.22. The molecule has 20 heavy (non-hydrogen) atoms. The number of methoxy groups -OCH3 is 1. The summed E-state index contributed by atoms with van der Waals surface area (Å²) < 4.78 is 31.6. The summed E-state index contributed by atoms with van der Waals surface area (Å²) in [6.07, 6.45) is 2.22. The van der Waals surface area contributed by atoms with E-state index in [1.807, 2.05) is 0 Å². The van der Waals surface area contributed by atoms with Crippen LogP contribution in [0.15, 0.2) is 18.2 Å². The van der Waals surface area contributed by atoms with Crippen molar-refractivity contribution in [3.05, 3.63) is 35.4 Å². The molecule has 2 atom stereocenters. The van der Waals surface area contributed by atoms with Crippen LogP contribution in [0.1, 0.15) is 24.4 Å². The first-order valence-electron chi connectivity index (χ1n) is 7.03. The fourth-order valence-electron chi connectivity index (χ4n) is 2.97. The Kier molecular flexibility index (Phi) is 5.46. The zero-order chi connectivity index (χ0) is 14.5. The van der Waals surface area contributed by atoms with E-state index in [4.69, 9.17) is 10.5 Å². The van der Waals surface area contributed by atoms with Crippen LogP contribution < -0.4 is 5.73 Å². The summed E-state index contributed by atoms with van der Waals surface area (Å²) >= 11 is 0. The van der Waals surface area contributed by atoms with Gasteiger partial charge in [0, 0.05) is 26.2 Å². The van der Waals surface area contributed by atoms with Crippen molar-refractivity contribution in [2.45, 2.75) is 18.9 Å². The number of rotatable bonds is 5. The summed E-state index contributed by atoms with van der Waals surface area (Å²) in [7, 11) is 1.70. The molecule has 1 heterocycles. The van der Waals surface area contributed by atoms with Gasteiger partial charge in [0.2, 0.25) is 0 Å². The van der Waals surface area contributed by atoms with E-state index in [0.29, 0.717) is 12.5 Å². The Hall–Kier alpha value is -1.04. The van der Waals surface area contributed by atoms with Gasteiger partial charge in [0.25, 0.3) is 0 Å². The summed E-state index contributed by atoms with van der Waals surface area (Å²) in [5.41, 5.74) is 6.59. The number of hydrogen-bond donors (Lipinski definition) is 1. The molecule has 1 aromatic rings. The van der Waals surface area contributed by atoms with Crippen LogP contribution in [0.3, 0.4) is 0 Å². The minimum absolute atomic E-state index is 0.0650. The third kappa shape index (κ3) is 3.53. The maximum absolute atomic E-state index is 13.4. The first kappa shape index (κ1) is 15.4. The van der Waals surface area contributed by atoms with Crippen molar-refractivity contribution in [1.82, 2.24) is 4.90 Å². The predicted octanol–water partition coefficient (Wildman–Crippen LogP) is 2.32. The van der Waals surface area contributed by atoms with E-state index < -0.39 is 11.6 Å². The second-order valence-electron chi connectivity index (χ2n) is 5.38. The van der Waals surface area contributed by atoms with Crippen molar-refractivity contribution in [3.8, 4) is 0 Å². The standard InChI is InChI=1S/C15H22F2N2O/c1-20-10-11-3-2-6-19(9-11)15(8-18)12-4-5-13(16)14(17)7-12/h4-5,7,11,15H,2-3,6,8-10,18H2,1H3. The molecule has 2 unspecified atom stereocenters. The molecule has 0 aliphatic carbocycles. The quantitative estimate of drug-likeness (QED) is 0.902. The lowest BCUT2D eigenvalue weighted by molar-refractivity contribution is 0.0696. The van der Waals surface area contributed by atoms with Gasteiger partial charge in [-0.25, -0.2) is 8.78 Å². The topological polar surface area (TPSA) is 38.5 Å². The van der Waals surface area contributed by atoms with Gasteiger partial charge in [-0.15, -0.1) is 0 Å². The monoisotopic (exact) mass is 284 g/mol. The Morgan fingerprint density at radius 3 is 2.85 bits per heavy atom. The van der Waals surface area contributed by atoms with Crippen molar-refractivity contribution >= 4 is 0 Å². The van der Waals surface area contributed by atoms with Crippen molar-refractivity contribution in [1.29, 1.82) is 0 Å². The van der Waals surface area contributed by atoms with Crippen LogP contribution in [0.25, 0.3) is 0 Å². The summed E-state index contributed by atoms with van der Waals surface area (Å²) in [5.74, 6) is -1.15. The molecule has 0 aromatic heterocycles. The molecule has 0 amide bonds. The van der Waals surface area contributed by atoms with Gasteiger partial charge in [-0.1, -0.05) is 6.07 Å². The zero-order valence-corrected chi connectivity index (χ0v) is 11.8. The zero-order valence-electron chi connectivity index (χ0n) is 11.8. The first-order chi connectivity index (χ1) is 9.65. The van der Waals surface area contributed by atoms with E-state index in [-0.39, 0.29) is 6.04 Å². The molecule has 112 valence electrons. The second-order valence-corrected chi connectivity index (χ2v) is 5.38. The third-order valence-electron chi connectivity index (χ3n) is 3.95. The largest absolute Gasteiger partial charge is 0.384 e. The minimum atomic E-state index is -0.819. The number of likely N-dealkylation sites (tertiary alicyclic amines) is 1. The molecule has 0 radical (unpaired) electrons. The average Bonchev–Trinajstić information content (AvgIpc) is 2.44. The number of halogens is 2. The molecule has 5 heteroatoms. The van der Waals surface area contributed by atoms with Crippen molar-refractivity contribution in [2.24, 2.45) is 11.7 Å². The van der Waals surface area contributed by atoms with Crippen LogP contribution >= 0.6 is 0 Å². The van der Waals surface area contributed by atoms with Crippen LogP contribution in [0.2, 0.25) is 0 Å². The van der Waals surface area contributed by atoms with Crippen LogP contribution in [0, 0.1) is 17.6 Å². The van der Waals surface area contributed by atoms with Crippen LogP contribution in [-0.2, 0) is 4.74 Å². The molecular formula is C15H22F2N2O. The molecule has 1 aromatic carbocycles. The highest BCUT2D eigenvalue weighted by atomic mass is 19.2. The van der Waals surface area contributed by atoms with E-state index in [0.717, 1.165) is 38.1 Å². The fourth-order valence-corrected chi connectivity index (χ4v) is 2.97. The normalized spacial score (nSPS) is 21.9. The van der Waals surface area contributed by atoms with E-state index >= 15 is 0 Å². The lowest BCUT2D eigenvalue weighted by Gasteiger charge is -2.38. The Bertz CT molecular complexity index is 440. The molecule has 1 saturated heterocycles. The van der Waals surface area contributed by atoms with Gasteiger partial charge in [0.1, 0.15) is 0 Å². The molecule has 2 rings (SSSR count). The Morgan fingerprint density at radius 1 is 1.40 bits per heavy atom. The molecule has 2 N–H and O–H groups in total. The summed E-state index contributed by atoms with van der Waals surface area (Å²) in [6, 6.07) is 3.98. The molecular weight excluding hydrogens is 262 g/mol. The van der Waals surface area contributed by atoms with E-state index in [1.54, 1.807) is 13.2 Å². The van der Waals surface area contributed by atoms with Gasteiger partial charge in [-0.05, 0) is 43.0 Å². The summed E-state index contributed by atoms with van der Waals surface area (Å²) in [4.78, 5) is 2.25. The smallest absolute Gasteiger partial charge is 0.159 e. The highest BCUT2D eigenvalue weighted by Crippen LogP contribution is 2.27. The van der Waals surface area contributed by atoms with Gasteiger partial charge < -0.3 is 10.5 Å². The van der Waals surface area contributed by atoms with E-state index in [1.165, 1.54) is 12.1 Å². The first-order valence-corrected chi connectivity index (χ1v) is 7.03. The lowest BCUT2D eigenvalue weighted by atomic mass is 9.95. The third-order valence-corrected chi connectivity index (χ3v) is 3.95. The maximum atomic E-state index is 13.4. The minimum Gasteiger partial charge on any atom is -0.384 e. The molecule has 1 aliphatic heterocycles. The van der Waals surface area contributed by atoms with Crippen molar-refractivity contribution in [3.63, 3.8) is 0 Å². The van der Waals surface area contributed by atoms with Gasteiger partial charge >= 0.3 is 0 Å². The second kappa shape index (κ2) is 7.11. The number of nitrogens with zero attached hydrogens (tertiary/aromatic N) is 1. The molecule has 3 nitrogen and oxygen atoms in total. The van der Waals surface area contributed by atoms with Crippen LogP contribution in [-0.4, -0.2) is 38.3 Å². The number of hydrogen-bond acceptors (Lipinski definition) is 3. The summed E-state index contributed by atoms with van der Waals surface area (Å²) in [5, 5.41) is 0. The predicted molar refractivity (Wildman–Crippen MR) is 74.3 cm³/mol. The Labute approximate surface area is 118 Å². The molecule has 0 bridgehead atoms.